The van der Waals surface area contributed by atoms with Crippen LogP contribution in [0.4, 0.5) is 26.3 Å². The number of rotatable bonds is 2. The first-order chi connectivity index (χ1) is 21.1. The van der Waals surface area contributed by atoms with Gasteiger partial charge in [-0.1, -0.05) is 0 Å². The second-order valence-corrected chi connectivity index (χ2v) is 9.39. The SMILES string of the molecule is [C-]#[N+]C([N+]#[C-])=C1Cc2c(C#N)c3c(c(C#N)c2=C1c1cc(F)c(F)c(F)c1)CC(=C(C#N)C#N)C=3c1cc(F)c(F)c(F)c1. The number of halogens is 6. The summed E-state index contributed by atoms with van der Waals surface area (Å²) in [5, 5.41) is 39.9. The molecule has 3 aromatic rings. The standard InChI is InChI=1S/C32H8F6N6/c1-43-32(44-2)19-8-18-21(12-42)28-17(20(11-41)29(18)27(19)14-5-24(35)31(38)25(36)6-14)7-16(15(9-39)10-40)26(28)13-3-22(33)30(37)23(34)4-13/h3-6H,7-8H2. The van der Waals surface area contributed by atoms with E-state index in [1.807, 2.05) is 12.1 Å². The van der Waals surface area contributed by atoms with Gasteiger partial charge >= 0.3 is 5.82 Å². The maximum absolute atomic E-state index is 14.4. The Balaban J connectivity index is 2.12. The predicted octanol–water partition coefficient (Wildman–Crippen LogP) is 5.17. The van der Waals surface area contributed by atoms with Crippen LogP contribution in [0.2, 0.25) is 0 Å². The topological polar surface area (TPSA) is 104 Å². The van der Waals surface area contributed by atoms with Gasteiger partial charge in [0.15, 0.2) is 34.9 Å². The van der Waals surface area contributed by atoms with Gasteiger partial charge in [-0.05, 0) is 69.7 Å². The summed E-state index contributed by atoms with van der Waals surface area (Å²) in [6, 6.07) is 9.59. The minimum Gasteiger partial charge on any atom is -0.204 e. The average Bonchev–Trinajstić information content (AvgIpc) is 3.58. The predicted molar refractivity (Wildman–Crippen MR) is 139 cm³/mol. The van der Waals surface area contributed by atoms with E-state index < -0.39 is 59.1 Å². The highest BCUT2D eigenvalue weighted by Gasteiger charge is 2.36. The van der Waals surface area contributed by atoms with E-state index in [0.717, 1.165) is 0 Å². The molecule has 208 valence electrons. The highest BCUT2D eigenvalue weighted by Crippen LogP contribution is 2.38. The Morgan fingerprint density at radius 2 is 0.977 bits per heavy atom. The quantitative estimate of drug-likeness (QED) is 0.178. The van der Waals surface area contributed by atoms with Crippen molar-refractivity contribution in [2.75, 3.05) is 0 Å². The van der Waals surface area contributed by atoms with Gasteiger partial charge in [0.05, 0.1) is 16.7 Å². The molecule has 0 aliphatic heterocycles. The van der Waals surface area contributed by atoms with Gasteiger partial charge in [0, 0.05) is 16.9 Å². The van der Waals surface area contributed by atoms with E-state index in [9.17, 15) is 47.4 Å². The summed E-state index contributed by atoms with van der Waals surface area (Å²) in [5.41, 5.74) is -2.47. The molecule has 0 saturated heterocycles. The summed E-state index contributed by atoms with van der Waals surface area (Å²) in [7, 11) is 0. The molecule has 5 rings (SSSR count). The van der Waals surface area contributed by atoms with Gasteiger partial charge in [-0.15, -0.1) is 0 Å². The van der Waals surface area contributed by atoms with Gasteiger partial charge in [-0.3, -0.25) is 0 Å². The lowest BCUT2D eigenvalue weighted by Gasteiger charge is -2.09. The van der Waals surface area contributed by atoms with Crippen LogP contribution in [0.1, 0.15) is 33.4 Å². The second-order valence-electron chi connectivity index (χ2n) is 9.39. The van der Waals surface area contributed by atoms with Crippen LogP contribution in [0.15, 0.2) is 46.8 Å². The molecule has 3 aromatic carbocycles. The van der Waals surface area contributed by atoms with Crippen LogP contribution in [0.25, 0.3) is 20.8 Å². The first kappa shape index (κ1) is 28.9. The fourth-order valence-electron chi connectivity index (χ4n) is 5.60. The van der Waals surface area contributed by atoms with E-state index in [4.69, 9.17) is 13.1 Å². The second kappa shape index (κ2) is 10.7. The van der Waals surface area contributed by atoms with Crippen LogP contribution < -0.4 is 10.4 Å². The Kier molecular flexibility index (Phi) is 7.01. The zero-order valence-corrected chi connectivity index (χ0v) is 21.7. The van der Waals surface area contributed by atoms with Crippen molar-refractivity contribution in [3.8, 4) is 24.3 Å². The van der Waals surface area contributed by atoms with Gasteiger partial charge in [-0.2, -0.15) is 30.7 Å². The van der Waals surface area contributed by atoms with E-state index in [1.165, 1.54) is 0 Å². The number of nitriles is 4. The van der Waals surface area contributed by atoms with Gasteiger partial charge in [0.2, 0.25) is 0 Å². The molecule has 0 bridgehead atoms. The van der Waals surface area contributed by atoms with Crippen molar-refractivity contribution in [2.24, 2.45) is 0 Å². The Morgan fingerprint density at radius 1 is 0.614 bits per heavy atom. The number of benzene rings is 3. The lowest BCUT2D eigenvalue weighted by molar-refractivity contribution is 0.446. The van der Waals surface area contributed by atoms with E-state index in [2.05, 4.69) is 9.69 Å². The highest BCUT2D eigenvalue weighted by molar-refractivity contribution is 5.91. The molecule has 0 spiro atoms. The number of allylic oxidation sites excluding steroid dienone is 3. The summed E-state index contributed by atoms with van der Waals surface area (Å²) in [5.74, 6) is -10.6. The number of nitrogens with zero attached hydrogens (tertiary/aromatic N) is 6. The Bertz CT molecular complexity index is 2120. The number of fused-ring (bicyclic) bond motifs is 2. The zero-order chi connectivity index (χ0) is 32.0. The first-order valence-electron chi connectivity index (χ1n) is 12.1. The van der Waals surface area contributed by atoms with Gasteiger partial charge in [-0.25, -0.2) is 26.3 Å². The van der Waals surface area contributed by atoms with Gasteiger partial charge < -0.3 is 0 Å². The number of hydrogen-bond donors (Lipinski definition) is 0. The third-order valence-electron chi connectivity index (χ3n) is 7.29. The fourth-order valence-corrected chi connectivity index (χ4v) is 5.60. The van der Waals surface area contributed by atoms with Crippen molar-refractivity contribution in [3.05, 3.63) is 148 Å². The molecule has 6 nitrogen and oxygen atoms in total. The molecule has 0 radical (unpaired) electrons. The molecule has 2 aliphatic rings. The molecule has 2 aliphatic carbocycles. The van der Waals surface area contributed by atoms with Crippen LogP contribution in [-0.4, -0.2) is 0 Å². The monoisotopic (exact) mass is 590 g/mol. The average molecular weight is 590 g/mol. The minimum absolute atomic E-state index is 0.0139. The van der Waals surface area contributed by atoms with Gasteiger partial charge in [0.1, 0.15) is 43.0 Å². The largest absolute Gasteiger partial charge is 0.523 e. The number of hydrogen-bond acceptors (Lipinski definition) is 4. The molecule has 0 aromatic heterocycles. The zero-order valence-electron chi connectivity index (χ0n) is 21.7. The lowest BCUT2D eigenvalue weighted by atomic mass is 9.92. The lowest BCUT2D eigenvalue weighted by Crippen LogP contribution is -2.26. The summed E-state index contributed by atoms with van der Waals surface area (Å²) < 4.78 is 85.5. The Hall–Kier alpha value is -6.60. The molecule has 0 heterocycles. The van der Waals surface area contributed by atoms with Crippen molar-refractivity contribution in [2.45, 2.75) is 12.8 Å². The van der Waals surface area contributed by atoms with Crippen molar-refractivity contribution in [1.29, 1.82) is 21.0 Å². The molecule has 44 heavy (non-hydrogen) atoms. The first-order valence-corrected chi connectivity index (χ1v) is 12.1. The fraction of sp³-hybridized carbons (Fsp3) is 0.0625. The van der Waals surface area contributed by atoms with E-state index >= 15 is 0 Å². The highest BCUT2D eigenvalue weighted by atomic mass is 19.2. The van der Waals surface area contributed by atoms with Crippen LogP contribution in [0.5, 0.6) is 0 Å². The van der Waals surface area contributed by atoms with Crippen molar-refractivity contribution >= 4 is 11.1 Å². The van der Waals surface area contributed by atoms with E-state index in [1.54, 1.807) is 12.1 Å². The van der Waals surface area contributed by atoms with Crippen molar-refractivity contribution in [1.82, 2.24) is 0 Å². The van der Waals surface area contributed by atoms with E-state index in [-0.39, 0.29) is 66.1 Å². The summed E-state index contributed by atoms with van der Waals surface area (Å²) in [6.07, 6.45) is -0.818. The smallest absolute Gasteiger partial charge is 0.204 e. The third-order valence-corrected chi connectivity index (χ3v) is 7.29. The van der Waals surface area contributed by atoms with Gasteiger partial charge in [0.25, 0.3) is 0 Å². The molecule has 0 fully saturated rings. The van der Waals surface area contributed by atoms with Crippen LogP contribution in [0, 0.1) is 93.4 Å². The van der Waals surface area contributed by atoms with Crippen LogP contribution >= 0.6 is 0 Å². The molecule has 0 N–H and O–H groups in total. The molecule has 0 unspecified atom stereocenters. The van der Waals surface area contributed by atoms with Crippen molar-refractivity contribution in [3.63, 3.8) is 0 Å². The maximum atomic E-state index is 14.4. The minimum atomic E-state index is -1.80. The molecular formula is C32H8F6N6. The van der Waals surface area contributed by atoms with Crippen LogP contribution in [-0.2, 0) is 12.8 Å². The van der Waals surface area contributed by atoms with Crippen molar-refractivity contribution < 1.29 is 26.3 Å². The summed E-state index contributed by atoms with van der Waals surface area (Å²) in [6.45, 7) is 15.0. The molecule has 0 amide bonds. The Morgan fingerprint density at radius 3 is 1.32 bits per heavy atom. The van der Waals surface area contributed by atoms with Crippen LogP contribution in [0.3, 0.4) is 0 Å². The molecule has 12 heteroatoms. The summed E-state index contributed by atoms with van der Waals surface area (Å²) in [4.78, 5) is 6.34. The maximum Gasteiger partial charge on any atom is 0.523 e. The normalized spacial score (nSPS) is 12.7. The molecule has 0 atom stereocenters. The molecular weight excluding hydrogens is 582 g/mol. The molecule has 0 saturated carbocycles. The summed E-state index contributed by atoms with van der Waals surface area (Å²) >= 11 is 0. The third kappa shape index (κ3) is 4.07. The Labute approximate surface area is 244 Å². The van der Waals surface area contributed by atoms with E-state index in [0.29, 0.717) is 24.3 Å².